The van der Waals surface area contributed by atoms with Crippen LogP contribution in [0.5, 0.6) is 0 Å². The Hall–Kier alpha value is -2.10. The number of rotatable bonds is 2. The van der Waals surface area contributed by atoms with E-state index >= 15 is 0 Å². The van der Waals surface area contributed by atoms with Crippen LogP contribution in [0.3, 0.4) is 0 Å². The molecule has 2 rings (SSSR count). The van der Waals surface area contributed by atoms with Crippen molar-refractivity contribution < 1.29 is 14.3 Å². The highest BCUT2D eigenvalue weighted by molar-refractivity contribution is 5.89. The molecule has 14 heavy (non-hydrogen) atoms. The predicted octanol–water partition coefficient (Wildman–Crippen LogP) is 2.04. The van der Waals surface area contributed by atoms with E-state index in [2.05, 4.69) is 4.98 Å². The Balaban J connectivity index is 2.46. The molecule has 0 radical (unpaired) electrons. The lowest BCUT2D eigenvalue weighted by Gasteiger charge is -1.97. The average Bonchev–Trinajstić information content (AvgIpc) is 2.71. The van der Waals surface area contributed by atoms with Crippen LogP contribution in [0.2, 0.25) is 0 Å². The third-order valence-corrected chi connectivity index (χ3v) is 1.84. The summed E-state index contributed by atoms with van der Waals surface area (Å²) in [5, 5.41) is 8.76. The second-order valence-corrected chi connectivity index (χ2v) is 2.76. The van der Waals surface area contributed by atoms with E-state index in [0.29, 0.717) is 5.69 Å². The SMILES string of the molecule is O=C(O)c1cccc(-c2cocn2)c1. The molecule has 0 amide bonds. The molecular weight excluding hydrogens is 182 g/mol. The Morgan fingerprint density at radius 2 is 2.29 bits per heavy atom. The molecule has 0 saturated heterocycles. The topological polar surface area (TPSA) is 63.3 Å². The van der Waals surface area contributed by atoms with Crippen LogP contribution in [0.15, 0.2) is 41.3 Å². The van der Waals surface area contributed by atoms with Crippen molar-refractivity contribution in [1.29, 1.82) is 0 Å². The van der Waals surface area contributed by atoms with E-state index in [4.69, 9.17) is 9.52 Å². The van der Waals surface area contributed by atoms with Gasteiger partial charge in [-0.05, 0) is 12.1 Å². The first-order valence-corrected chi connectivity index (χ1v) is 3.99. The van der Waals surface area contributed by atoms with E-state index in [1.165, 1.54) is 18.7 Å². The number of aromatic carboxylic acids is 1. The highest BCUT2D eigenvalue weighted by Crippen LogP contribution is 2.17. The number of hydrogen-bond donors (Lipinski definition) is 1. The third kappa shape index (κ3) is 1.50. The molecule has 1 heterocycles. The first kappa shape index (κ1) is 8.50. The molecule has 4 nitrogen and oxygen atoms in total. The van der Waals surface area contributed by atoms with Gasteiger partial charge in [0.1, 0.15) is 12.0 Å². The zero-order valence-electron chi connectivity index (χ0n) is 7.18. The van der Waals surface area contributed by atoms with Crippen molar-refractivity contribution in [3.05, 3.63) is 42.5 Å². The maximum atomic E-state index is 10.7. The van der Waals surface area contributed by atoms with Gasteiger partial charge in [-0.2, -0.15) is 0 Å². The van der Waals surface area contributed by atoms with Gasteiger partial charge in [0.15, 0.2) is 6.39 Å². The Morgan fingerprint density at radius 3 is 2.93 bits per heavy atom. The second-order valence-electron chi connectivity index (χ2n) is 2.76. The zero-order chi connectivity index (χ0) is 9.97. The Morgan fingerprint density at radius 1 is 1.43 bits per heavy atom. The molecule has 0 fully saturated rings. The first-order chi connectivity index (χ1) is 6.77. The van der Waals surface area contributed by atoms with Gasteiger partial charge in [0.05, 0.1) is 5.56 Å². The van der Waals surface area contributed by atoms with E-state index in [-0.39, 0.29) is 5.56 Å². The number of hydrogen-bond acceptors (Lipinski definition) is 3. The Kier molecular flexibility index (Phi) is 2.02. The molecule has 70 valence electrons. The minimum Gasteiger partial charge on any atom is -0.478 e. The van der Waals surface area contributed by atoms with Crippen LogP contribution in [-0.4, -0.2) is 16.1 Å². The van der Waals surface area contributed by atoms with Crippen LogP contribution in [0.4, 0.5) is 0 Å². The lowest BCUT2D eigenvalue weighted by molar-refractivity contribution is 0.0697. The number of carboxylic acid groups (broad SMARTS) is 1. The number of carboxylic acids is 1. The fourth-order valence-corrected chi connectivity index (χ4v) is 1.17. The molecule has 0 aliphatic heterocycles. The Bertz CT molecular complexity index is 448. The number of aromatic nitrogens is 1. The van der Waals surface area contributed by atoms with E-state index in [0.717, 1.165) is 5.56 Å². The fraction of sp³-hybridized carbons (Fsp3) is 0. The molecule has 0 aliphatic rings. The zero-order valence-corrected chi connectivity index (χ0v) is 7.18. The minimum atomic E-state index is -0.949. The largest absolute Gasteiger partial charge is 0.478 e. The fourth-order valence-electron chi connectivity index (χ4n) is 1.17. The Labute approximate surface area is 79.8 Å². The standard InChI is InChI=1S/C10H7NO3/c12-10(13)8-3-1-2-7(4-8)9-5-14-6-11-9/h1-6H,(H,12,13). The van der Waals surface area contributed by atoms with Crippen LogP contribution in [0.25, 0.3) is 11.3 Å². The van der Waals surface area contributed by atoms with Gasteiger partial charge in [0.25, 0.3) is 0 Å². The predicted molar refractivity (Wildman–Crippen MR) is 48.9 cm³/mol. The molecule has 0 aliphatic carbocycles. The van der Waals surface area contributed by atoms with Crippen molar-refractivity contribution in [2.45, 2.75) is 0 Å². The van der Waals surface area contributed by atoms with Crippen molar-refractivity contribution in [3.63, 3.8) is 0 Å². The van der Waals surface area contributed by atoms with Crippen molar-refractivity contribution >= 4 is 5.97 Å². The minimum absolute atomic E-state index is 0.241. The van der Waals surface area contributed by atoms with Gasteiger partial charge in [-0.1, -0.05) is 12.1 Å². The molecule has 0 unspecified atom stereocenters. The summed E-state index contributed by atoms with van der Waals surface area (Å²) >= 11 is 0. The van der Waals surface area contributed by atoms with E-state index in [9.17, 15) is 4.79 Å². The normalized spacial score (nSPS) is 10.0. The van der Waals surface area contributed by atoms with Crippen molar-refractivity contribution in [1.82, 2.24) is 4.98 Å². The third-order valence-electron chi connectivity index (χ3n) is 1.84. The lowest BCUT2D eigenvalue weighted by atomic mass is 10.1. The van der Waals surface area contributed by atoms with Crippen LogP contribution >= 0.6 is 0 Å². The molecule has 2 aromatic rings. The van der Waals surface area contributed by atoms with Crippen molar-refractivity contribution in [2.24, 2.45) is 0 Å². The van der Waals surface area contributed by atoms with E-state index in [1.807, 2.05) is 0 Å². The quantitative estimate of drug-likeness (QED) is 0.785. The number of nitrogens with zero attached hydrogens (tertiary/aromatic N) is 1. The van der Waals surface area contributed by atoms with Gasteiger partial charge < -0.3 is 9.52 Å². The summed E-state index contributed by atoms with van der Waals surface area (Å²) in [5.74, 6) is -0.949. The van der Waals surface area contributed by atoms with Crippen molar-refractivity contribution in [2.75, 3.05) is 0 Å². The van der Waals surface area contributed by atoms with Crippen molar-refractivity contribution in [3.8, 4) is 11.3 Å². The molecule has 0 saturated carbocycles. The highest BCUT2D eigenvalue weighted by Gasteiger charge is 2.05. The summed E-state index contributed by atoms with van der Waals surface area (Å²) in [7, 11) is 0. The smallest absolute Gasteiger partial charge is 0.335 e. The maximum Gasteiger partial charge on any atom is 0.335 e. The molecule has 1 aromatic carbocycles. The van der Waals surface area contributed by atoms with Gasteiger partial charge in [-0.15, -0.1) is 0 Å². The van der Waals surface area contributed by atoms with Crippen LogP contribution in [0, 0.1) is 0 Å². The molecule has 0 bridgehead atoms. The van der Waals surface area contributed by atoms with E-state index < -0.39 is 5.97 Å². The average molecular weight is 189 g/mol. The lowest BCUT2D eigenvalue weighted by Crippen LogP contribution is -1.95. The first-order valence-electron chi connectivity index (χ1n) is 3.99. The molecule has 1 N–H and O–H groups in total. The monoisotopic (exact) mass is 189 g/mol. The van der Waals surface area contributed by atoms with Gasteiger partial charge >= 0.3 is 5.97 Å². The van der Waals surface area contributed by atoms with Crippen LogP contribution < -0.4 is 0 Å². The molecule has 0 spiro atoms. The summed E-state index contributed by atoms with van der Waals surface area (Å²) in [6.07, 6.45) is 2.78. The second kappa shape index (κ2) is 3.33. The van der Waals surface area contributed by atoms with Gasteiger partial charge in [0.2, 0.25) is 0 Å². The van der Waals surface area contributed by atoms with E-state index in [1.54, 1.807) is 18.2 Å². The van der Waals surface area contributed by atoms with Crippen LogP contribution in [0.1, 0.15) is 10.4 Å². The molecule has 1 aromatic heterocycles. The summed E-state index contributed by atoms with van der Waals surface area (Å²) in [6, 6.07) is 6.55. The van der Waals surface area contributed by atoms with Gasteiger partial charge in [0, 0.05) is 5.56 Å². The molecule has 0 atom stereocenters. The van der Waals surface area contributed by atoms with Gasteiger partial charge in [-0.3, -0.25) is 0 Å². The summed E-state index contributed by atoms with van der Waals surface area (Å²) in [6.45, 7) is 0. The highest BCUT2D eigenvalue weighted by atomic mass is 16.4. The summed E-state index contributed by atoms with van der Waals surface area (Å²) < 4.78 is 4.81. The maximum absolute atomic E-state index is 10.7. The summed E-state index contributed by atoms with van der Waals surface area (Å²) in [5.41, 5.74) is 1.61. The number of carbonyl (C=O) groups is 1. The number of oxazole rings is 1. The number of benzene rings is 1. The van der Waals surface area contributed by atoms with Crippen LogP contribution in [-0.2, 0) is 0 Å². The molecule has 4 heteroatoms. The van der Waals surface area contributed by atoms with Gasteiger partial charge in [-0.25, -0.2) is 9.78 Å². The molecular formula is C10H7NO3. The summed E-state index contributed by atoms with van der Waals surface area (Å²) in [4.78, 5) is 14.6.